The lowest BCUT2D eigenvalue weighted by molar-refractivity contribution is -0.129. The van der Waals surface area contributed by atoms with E-state index < -0.39 is 0 Å². The Kier molecular flexibility index (Phi) is 15.0. The Morgan fingerprint density at radius 1 is 1.09 bits per heavy atom. The van der Waals surface area contributed by atoms with Crippen molar-refractivity contribution < 1.29 is 29.6 Å². The molecule has 254 valence electrons. The quantitative estimate of drug-likeness (QED) is 0.241. The van der Waals surface area contributed by atoms with Gasteiger partial charge in [-0.2, -0.15) is 0 Å². The molecule has 0 saturated heterocycles. The largest absolute Gasteiger partial charge is 0.508 e. The van der Waals surface area contributed by atoms with Crippen molar-refractivity contribution in [2.45, 2.75) is 118 Å². The lowest BCUT2D eigenvalue weighted by Crippen LogP contribution is -2.44. The number of carbonyl (C=O) groups is 1. The molecule has 1 aromatic carbocycles. The van der Waals surface area contributed by atoms with Gasteiger partial charge in [0.15, 0.2) is 6.29 Å². The van der Waals surface area contributed by atoms with Crippen molar-refractivity contribution in [2.24, 2.45) is 29.1 Å². The zero-order valence-electron chi connectivity index (χ0n) is 28.6. The molecule has 9 heteroatoms. The van der Waals surface area contributed by atoms with E-state index in [0.29, 0.717) is 41.1 Å². The molecule has 0 bridgehead atoms. The number of Topliss-reactive ketones (excluding diaryl/α,β-unsaturated/α-hetero) is 1. The number of aliphatic hydroxyl groups is 2. The van der Waals surface area contributed by atoms with E-state index in [4.69, 9.17) is 19.7 Å². The number of nitrogens with zero attached hydrogens (tertiary/aromatic N) is 3. The number of aromatic hydroxyl groups is 1. The van der Waals surface area contributed by atoms with Crippen LogP contribution in [-0.2, 0) is 33.7 Å². The van der Waals surface area contributed by atoms with Crippen LogP contribution in [0.4, 0.5) is 0 Å². The molecule has 0 radical (unpaired) electrons. The fourth-order valence-corrected chi connectivity index (χ4v) is 7.93. The first-order valence-corrected chi connectivity index (χ1v) is 17.3. The molecule has 2 aromatic rings. The van der Waals surface area contributed by atoms with Crippen molar-refractivity contribution in [1.82, 2.24) is 15.0 Å². The second-order valence-corrected chi connectivity index (χ2v) is 13.5. The predicted molar refractivity (Wildman–Crippen MR) is 176 cm³/mol. The Morgan fingerprint density at radius 3 is 2.44 bits per heavy atom. The number of aromatic nitrogens is 3. The fraction of sp³-hybridized carbons (Fsp3) is 0.750. The van der Waals surface area contributed by atoms with Crippen LogP contribution in [0.25, 0.3) is 0 Å². The molecule has 9 nitrogen and oxygen atoms in total. The van der Waals surface area contributed by atoms with Crippen LogP contribution >= 0.6 is 0 Å². The molecule has 5 atom stereocenters. The highest BCUT2D eigenvalue weighted by atomic mass is 16.7. The zero-order valence-corrected chi connectivity index (χ0v) is 28.6. The molecule has 0 amide bonds. The van der Waals surface area contributed by atoms with Crippen molar-refractivity contribution in [2.75, 3.05) is 26.4 Å². The first-order valence-electron chi connectivity index (χ1n) is 17.3. The molecule has 0 spiro atoms. The van der Waals surface area contributed by atoms with Crippen molar-refractivity contribution in [3.63, 3.8) is 0 Å². The van der Waals surface area contributed by atoms with Crippen molar-refractivity contribution >= 4 is 5.78 Å². The number of carbonyl (C=O) groups excluding carboxylic acids is 1. The van der Waals surface area contributed by atoms with Crippen LogP contribution in [0, 0.1) is 29.1 Å². The van der Waals surface area contributed by atoms with E-state index in [9.17, 15) is 9.90 Å². The second kappa shape index (κ2) is 18.1. The molecular formula is C36H59N3O6. The van der Waals surface area contributed by atoms with Crippen molar-refractivity contribution in [1.29, 1.82) is 0 Å². The molecular weight excluding hydrogens is 570 g/mol. The number of ketones is 1. The number of phenols is 1. The van der Waals surface area contributed by atoms with E-state index >= 15 is 0 Å². The Labute approximate surface area is 270 Å². The van der Waals surface area contributed by atoms with Gasteiger partial charge in [-0.1, -0.05) is 32.1 Å². The Balaban J connectivity index is 0.000000393. The number of hydrogen-bond donors (Lipinski definition) is 3. The molecule has 3 N–H and O–H groups in total. The van der Waals surface area contributed by atoms with Gasteiger partial charge in [0.05, 0.1) is 18.9 Å². The summed E-state index contributed by atoms with van der Waals surface area (Å²) in [5, 5.41) is 33.9. The standard InChI is InChI=1S/C28H39N3O2.C6H14O2.C2H6O2/c1-18(2)6-8-21-17-31(30-29-21)14-4-5-20-16-26(33)28(3)13-12-24-23-11-9-22(32)15-19(23)7-10-25(24)27(20)28;1-4-7-6(3)8-5-2;3-1-2-4/h9,11,15,17-18,20,24-25,27,32H,4-8,10,12-14,16H2,1-3H3;6H,4-5H2,1-3H3;3-4H,1-2H2. The lowest BCUT2D eigenvalue weighted by atomic mass is 9.54. The molecule has 45 heavy (non-hydrogen) atoms. The summed E-state index contributed by atoms with van der Waals surface area (Å²) in [6.45, 7) is 14.6. The Morgan fingerprint density at radius 2 is 1.80 bits per heavy atom. The first-order chi connectivity index (χ1) is 21.6. The molecule has 2 fully saturated rings. The number of hydrogen-bond acceptors (Lipinski definition) is 8. The van der Waals surface area contributed by atoms with Crippen LogP contribution in [-0.4, -0.2) is 68.8 Å². The van der Waals surface area contributed by atoms with Crippen molar-refractivity contribution in [3.05, 3.63) is 41.2 Å². The van der Waals surface area contributed by atoms with Crippen LogP contribution in [0.3, 0.4) is 0 Å². The van der Waals surface area contributed by atoms with Gasteiger partial charge in [0, 0.05) is 37.8 Å². The Hall–Kier alpha value is -2.33. The van der Waals surface area contributed by atoms with Crippen molar-refractivity contribution in [3.8, 4) is 5.75 Å². The van der Waals surface area contributed by atoms with Crippen LogP contribution < -0.4 is 0 Å². The van der Waals surface area contributed by atoms with Gasteiger partial charge in [0.2, 0.25) is 0 Å². The number of fused-ring (bicyclic) bond motifs is 5. The maximum atomic E-state index is 13.2. The molecule has 1 heterocycles. The number of rotatable bonds is 12. The summed E-state index contributed by atoms with van der Waals surface area (Å²) in [5.74, 6) is 3.67. The zero-order chi connectivity index (χ0) is 33.0. The molecule has 2 saturated carbocycles. The molecule has 3 aliphatic carbocycles. The fourth-order valence-electron chi connectivity index (χ4n) is 7.93. The number of ether oxygens (including phenoxy) is 2. The van der Waals surface area contributed by atoms with Gasteiger partial charge in [-0.15, -0.1) is 5.10 Å². The minimum Gasteiger partial charge on any atom is -0.508 e. The van der Waals surface area contributed by atoms with Gasteiger partial charge in [0.25, 0.3) is 0 Å². The second-order valence-electron chi connectivity index (χ2n) is 13.5. The third kappa shape index (κ3) is 10.1. The summed E-state index contributed by atoms with van der Waals surface area (Å²) in [4.78, 5) is 13.2. The van der Waals surface area contributed by atoms with E-state index in [-0.39, 0.29) is 24.9 Å². The summed E-state index contributed by atoms with van der Waals surface area (Å²) in [7, 11) is 0. The molecule has 5 rings (SSSR count). The van der Waals surface area contributed by atoms with Gasteiger partial charge in [-0.3, -0.25) is 9.48 Å². The topological polar surface area (TPSA) is 127 Å². The van der Waals surface area contributed by atoms with Gasteiger partial charge < -0.3 is 24.8 Å². The molecule has 3 aliphatic rings. The average Bonchev–Trinajstić information content (AvgIpc) is 3.57. The predicted octanol–water partition coefficient (Wildman–Crippen LogP) is 6.08. The summed E-state index contributed by atoms with van der Waals surface area (Å²) in [6, 6.07) is 5.96. The first kappa shape index (κ1) is 37.1. The van der Waals surface area contributed by atoms with Crippen LogP contribution in [0.2, 0.25) is 0 Å². The van der Waals surface area contributed by atoms with Gasteiger partial charge in [0.1, 0.15) is 11.5 Å². The molecule has 5 unspecified atom stereocenters. The van der Waals surface area contributed by atoms with Crippen LogP contribution in [0.15, 0.2) is 24.4 Å². The lowest BCUT2D eigenvalue weighted by Gasteiger charge is -2.50. The van der Waals surface area contributed by atoms with E-state index in [2.05, 4.69) is 43.3 Å². The van der Waals surface area contributed by atoms with E-state index in [0.717, 1.165) is 83.2 Å². The maximum absolute atomic E-state index is 13.2. The number of aliphatic hydroxyl groups excluding tert-OH is 2. The van der Waals surface area contributed by atoms with Gasteiger partial charge in [-0.25, -0.2) is 0 Å². The smallest absolute Gasteiger partial charge is 0.154 e. The highest BCUT2D eigenvalue weighted by Crippen LogP contribution is 2.62. The normalized spacial score (nSPS) is 25.2. The van der Waals surface area contributed by atoms with Crippen LogP contribution in [0.5, 0.6) is 5.75 Å². The minimum atomic E-state index is -0.141. The number of aryl methyl sites for hydroxylation is 3. The minimum absolute atomic E-state index is 0.0370. The summed E-state index contributed by atoms with van der Waals surface area (Å²) < 4.78 is 12.1. The van der Waals surface area contributed by atoms with E-state index in [1.54, 1.807) is 0 Å². The summed E-state index contributed by atoms with van der Waals surface area (Å²) in [6.07, 6.45) is 11.4. The highest BCUT2D eigenvalue weighted by molar-refractivity contribution is 5.87. The molecule has 1 aromatic heterocycles. The summed E-state index contributed by atoms with van der Waals surface area (Å²) >= 11 is 0. The van der Waals surface area contributed by atoms with Gasteiger partial charge in [-0.05, 0) is 125 Å². The summed E-state index contributed by atoms with van der Waals surface area (Å²) in [5.41, 5.74) is 3.70. The third-order valence-electron chi connectivity index (χ3n) is 9.98. The van der Waals surface area contributed by atoms with Gasteiger partial charge >= 0.3 is 0 Å². The average molecular weight is 630 g/mol. The third-order valence-corrected chi connectivity index (χ3v) is 9.98. The number of benzene rings is 1. The Bertz CT molecular complexity index is 1160. The van der Waals surface area contributed by atoms with E-state index in [1.807, 2.05) is 37.6 Å². The van der Waals surface area contributed by atoms with E-state index in [1.165, 1.54) is 11.1 Å². The highest BCUT2D eigenvalue weighted by Gasteiger charge is 2.58. The number of phenolic OH excluding ortho intramolecular Hbond substituents is 1. The SMILES string of the molecule is CC(C)CCc1cn(CCCC2CC(=O)C3(C)CCC4c5ccc(O)cc5CCC4C23)nn1.CCOC(C)OCC.OCCO. The molecule has 0 aliphatic heterocycles. The maximum Gasteiger partial charge on any atom is 0.154 e. The monoisotopic (exact) mass is 629 g/mol. The van der Waals surface area contributed by atoms with Crippen LogP contribution in [0.1, 0.15) is 109 Å².